The van der Waals surface area contributed by atoms with Crippen LogP contribution < -0.4 is 5.32 Å². The van der Waals surface area contributed by atoms with Crippen LogP contribution in [-0.2, 0) is 4.74 Å². The Hall–Kier alpha value is 0.580. The molecule has 0 aromatic heterocycles. The first kappa shape index (κ1) is 13.0. The normalized spacial score (nSPS) is 32.8. The fourth-order valence-corrected chi connectivity index (χ4v) is 4.70. The lowest BCUT2D eigenvalue weighted by molar-refractivity contribution is -0.0179. The second kappa shape index (κ2) is 7.11. The largest absolute Gasteiger partial charge is 0.374 e. The third kappa shape index (κ3) is 4.45. The molecule has 0 aliphatic carbocycles. The molecule has 2 rings (SSSR count). The van der Waals surface area contributed by atoms with Gasteiger partial charge in [0, 0.05) is 48.7 Å². The maximum Gasteiger partial charge on any atom is 0.0826 e. The summed E-state index contributed by atoms with van der Waals surface area (Å²) in [5.74, 6) is 3.96. The molecule has 0 aromatic carbocycles. The van der Waals surface area contributed by atoms with Gasteiger partial charge in [-0.1, -0.05) is 0 Å². The summed E-state index contributed by atoms with van der Waals surface area (Å²) in [5, 5.41) is 4.37. The molecule has 2 fully saturated rings. The van der Waals surface area contributed by atoms with Crippen molar-refractivity contribution in [3.05, 3.63) is 0 Å². The molecule has 16 heavy (non-hydrogen) atoms. The van der Waals surface area contributed by atoms with Gasteiger partial charge in [0.05, 0.1) is 12.7 Å². The van der Waals surface area contributed by atoms with E-state index in [1.807, 2.05) is 0 Å². The molecule has 1 N–H and O–H groups in total. The van der Waals surface area contributed by atoms with Crippen LogP contribution in [0.15, 0.2) is 0 Å². The van der Waals surface area contributed by atoms with E-state index >= 15 is 0 Å². The summed E-state index contributed by atoms with van der Waals surface area (Å²) in [5.41, 5.74) is 0. The summed E-state index contributed by atoms with van der Waals surface area (Å²) >= 11 is 4.20. The molecule has 2 saturated heterocycles. The average Bonchev–Trinajstić information content (AvgIpc) is 2.30. The molecule has 2 heterocycles. The summed E-state index contributed by atoms with van der Waals surface area (Å²) in [4.78, 5) is 2.35. The zero-order valence-corrected chi connectivity index (χ0v) is 11.6. The van der Waals surface area contributed by atoms with Gasteiger partial charge in [0.15, 0.2) is 0 Å². The molecule has 0 aromatic rings. The molecule has 0 amide bonds. The molecule has 0 spiro atoms. The summed E-state index contributed by atoms with van der Waals surface area (Å²) < 4.78 is 5.72. The Bertz CT molecular complexity index is 200. The van der Waals surface area contributed by atoms with Crippen molar-refractivity contribution in [3.63, 3.8) is 0 Å². The maximum absolute atomic E-state index is 5.72. The summed E-state index contributed by atoms with van der Waals surface area (Å²) in [6.45, 7) is 5.18. The van der Waals surface area contributed by atoms with E-state index < -0.39 is 0 Å². The highest BCUT2D eigenvalue weighted by molar-refractivity contribution is 8.06. The van der Waals surface area contributed by atoms with Gasteiger partial charge in [-0.25, -0.2) is 0 Å². The SMILES string of the molecule is CN1CCOC(CNCC2CSCCS2)C1. The van der Waals surface area contributed by atoms with Crippen molar-refractivity contribution in [2.45, 2.75) is 11.4 Å². The number of rotatable bonds is 4. The lowest BCUT2D eigenvalue weighted by atomic mass is 10.3. The van der Waals surface area contributed by atoms with Crippen LogP contribution in [-0.4, -0.2) is 73.3 Å². The summed E-state index contributed by atoms with van der Waals surface area (Å²) in [6, 6.07) is 0. The van der Waals surface area contributed by atoms with Crippen molar-refractivity contribution in [3.8, 4) is 0 Å². The molecule has 0 radical (unpaired) electrons. The van der Waals surface area contributed by atoms with Crippen LogP contribution in [0.25, 0.3) is 0 Å². The standard InChI is InChI=1S/C11H22N2OS2/c1-13-2-3-14-10(8-13)6-12-7-11-9-15-4-5-16-11/h10-12H,2-9H2,1H3. The number of likely N-dealkylation sites (N-methyl/N-ethyl adjacent to an activating group) is 1. The lowest BCUT2D eigenvalue weighted by Gasteiger charge is -2.30. The second-order valence-corrected chi connectivity index (χ2v) is 7.04. The average molecular weight is 262 g/mol. The molecular formula is C11H22N2OS2. The predicted octanol–water partition coefficient (Wildman–Crippen LogP) is 0.755. The number of hydrogen-bond acceptors (Lipinski definition) is 5. The van der Waals surface area contributed by atoms with E-state index in [-0.39, 0.29) is 0 Å². The van der Waals surface area contributed by atoms with Gasteiger partial charge in [0.2, 0.25) is 0 Å². The third-order valence-corrected chi connectivity index (χ3v) is 5.82. The van der Waals surface area contributed by atoms with Crippen LogP contribution >= 0.6 is 23.5 Å². The minimum atomic E-state index is 0.389. The van der Waals surface area contributed by atoms with Crippen LogP contribution in [0.1, 0.15) is 0 Å². The Morgan fingerprint density at radius 1 is 1.38 bits per heavy atom. The molecule has 2 unspecified atom stereocenters. The van der Waals surface area contributed by atoms with E-state index in [9.17, 15) is 0 Å². The lowest BCUT2D eigenvalue weighted by Crippen LogP contribution is -2.46. The number of ether oxygens (including phenoxy) is 1. The van der Waals surface area contributed by atoms with Gasteiger partial charge in [-0.05, 0) is 7.05 Å². The van der Waals surface area contributed by atoms with Gasteiger partial charge < -0.3 is 15.0 Å². The molecule has 3 nitrogen and oxygen atoms in total. The van der Waals surface area contributed by atoms with Crippen molar-refractivity contribution in [1.82, 2.24) is 10.2 Å². The highest BCUT2D eigenvalue weighted by Crippen LogP contribution is 2.23. The van der Waals surface area contributed by atoms with E-state index in [1.54, 1.807) is 0 Å². The van der Waals surface area contributed by atoms with Gasteiger partial charge >= 0.3 is 0 Å². The Labute approximate surface area is 107 Å². The number of nitrogens with zero attached hydrogens (tertiary/aromatic N) is 1. The number of nitrogens with one attached hydrogen (secondary N) is 1. The van der Waals surface area contributed by atoms with Gasteiger partial charge in [0.1, 0.15) is 0 Å². The van der Waals surface area contributed by atoms with E-state index in [4.69, 9.17) is 4.74 Å². The quantitative estimate of drug-likeness (QED) is 0.806. The summed E-state index contributed by atoms with van der Waals surface area (Å²) in [6.07, 6.45) is 0.389. The van der Waals surface area contributed by atoms with Crippen molar-refractivity contribution >= 4 is 23.5 Å². The second-order valence-electron chi connectivity index (χ2n) is 4.48. The predicted molar refractivity (Wildman–Crippen MR) is 73.7 cm³/mol. The van der Waals surface area contributed by atoms with Gasteiger partial charge in [-0.15, -0.1) is 0 Å². The van der Waals surface area contributed by atoms with Crippen LogP contribution in [0.3, 0.4) is 0 Å². The third-order valence-electron chi connectivity index (χ3n) is 2.97. The molecule has 2 aliphatic rings. The minimum Gasteiger partial charge on any atom is -0.374 e. The molecular weight excluding hydrogens is 240 g/mol. The zero-order chi connectivity index (χ0) is 11.2. The fraction of sp³-hybridized carbons (Fsp3) is 1.00. The molecule has 2 atom stereocenters. The Kier molecular flexibility index (Phi) is 5.79. The first-order valence-corrected chi connectivity index (χ1v) is 8.25. The Morgan fingerprint density at radius 2 is 2.31 bits per heavy atom. The van der Waals surface area contributed by atoms with E-state index in [0.717, 1.165) is 38.0 Å². The van der Waals surface area contributed by atoms with Gasteiger partial charge in [0.25, 0.3) is 0 Å². The molecule has 0 saturated carbocycles. The first-order valence-electron chi connectivity index (χ1n) is 6.05. The van der Waals surface area contributed by atoms with Crippen LogP contribution in [0.4, 0.5) is 0 Å². The fourth-order valence-electron chi connectivity index (χ4n) is 2.05. The van der Waals surface area contributed by atoms with Gasteiger partial charge in [-0.2, -0.15) is 23.5 Å². The Morgan fingerprint density at radius 3 is 3.06 bits per heavy atom. The monoisotopic (exact) mass is 262 g/mol. The topological polar surface area (TPSA) is 24.5 Å². The van der Waals surface area contributed by atoms with Gasteiger partial charge in [-0.3, -0.25) is 0 Å². The van der Waals surface area contributed by atoms with Crippen LogP contribution in [0.2, 0.25) is 0 Å². The number of thioether (sulfide) groups is 2. The highest BCUT2D eigenvalue weighted by atomic mass is 32.2. The highest BCUT2D eigenvalue weighted by Gasteiger charge is 2.18. The maximum atomic E-state index is 5.72. The molecule has 2 aliphatic heterocycles. The minimum absolute atomic E-state index is 0.389. The summed E-state index contributed by atoms with van der Waals surface area (Å²) in [7, 11) is 2.17. The van der Waals surface area contributed by atoms with Crippen molar-refractivity contribution < 1.29 is 4.74 Å². The van der Waals surface area contributed by atoms with E-state index in [2.05, 4.69) is 40.8 Å². The zero-order valence-electron chi connectivity index (χ0n) is 9.98. The van der Waals surface area contributed by atoms with Crippen molar-refractivity contribution in [2.24, 2.45) is 0 Å². The van der Waals surface area contributed by atoms with E-state index in [0.29, 0.717) is 6.10 Å². The van der Waals surface area contributed by atoms with Crippen molar-refractivity contribution in [2.75, 3.05) is 57.1 Å². The molecule has 94 valence electrons. The Balaban J connectivity index is 1.56. The van der Waals surface area contributed by atoms with Crippen LogP contribution in [0, 0.1) is 0 Å². The van der Waals surface area contributed by atoms with Crippen molar-refractivity contribution in [1.29, 1.82) is 0 Å². The van der Waals surface area contributed by atoms with E-state index in [1.165, 1.54) is 17.3 Å². The smallest absolute Gasteiger partial charge is 0.0826 e. The molecule has 5 heteroatoms. The first-order chi connectivity index (χ1) is 7.84. The van der Waals surface area contributed by atoms with Crippen LogP contribution in [0.5, 0.6) is 0 Å². The number of hydrogen-bond donors (Lipinski definition) is 1. The number of morpholine rings is 1. The molecule has 0 bridgehead atoms.